The summed E-state index contributed by atoms with van der Waals surface area (Å²) in [6.07, 6.45) is 3.05. The van der Waals surface area contributed by atoms with Gasteiger partial charge in [0.25, 0.3) is 0 Å². The van der Waals surface area contributed by atoms with Crippen molar-refractivity contribution in [2.24, 2.45) is 0 Å². The molecule has 2 heterocycles. The molecule has 0 unspecified atom stereocenters. The number of amides is 1. The molecule has 1 N–H and O–H groups in total. The van der Waals surface area contributed by atoms with E-state index in [1.165, 1.54) is 17.3 Å². The normalized spacial score (nSPS) is 17.4. The predicted molar refractivity (Wildman–Crippen MR) is 53.6 cm³/mol. The van der Waals surface area contributed by atoms with E-state index >= 15 is 0 Å². The first-order valence-corrected chi connectivity index (χ1v) is 5.12. The zero-order valence-electron chi connectivity index (χ0n) is 8.64. The van der Waals surface area contributed by atoms with Gasteiger partial charge in [-0.05, 0) is 12.8 Å². The number of aromatic nitrogens is 2. The monoisotopic (exact) mass is 225 g/mol. The topological polar surface area (TPSA) is 66.3 Å². The molecule has 86 valence electrons. The van der Waals surface area contributed by atoms with Gasteiger partial charge in [-0.3, -0.25) is 4.98 Å². The van der Waals surface area contributed by atoms with E-state index in [1.54, 1.807) is 0 Å². The summed E-state index contributed by atoms with van der Waals surface area (Å²) >= 11 is 0. The van der Waals surface area contributed by atoms with Crippen LogP contribution in [0.5, 0.6) is 0 Å². The Morgan fingerprint density at radius 3 is 2.56 bits per heavy atom. The Morgan fingerprint density at radius 2 is 2.00 bits per heavy atom. The van der Waals surface area contributed by atoms with Gasteiger partial charge in [0, 0.05) is 31.4 Å². The molecule has 0 bridgehead atoms. The third-order valence-corrected chi connectivity index (χ3v) is 2.83. The molecule has 1 aromatic heterocycles. The Hall–Kier alpha value is -1.72. The maximum Gasteiger partial charge on any atom is 0.407 e. The Labute approximate surface area is 91.9 Å². The Bertz CT molecular complexity index is 391. The van der Waals surface area contributed by atoms with Crippen LogP contribution in [0.25, 0.3) is 0 Å². The van der Waals surface area contributed by atoms with Crippen molar-refractivity contribution in [2.75, 3.05) is 13.1 Å². The second kappa shape index (κ2) is 4.42. The van der Waals surface area contributed by atoms with Gasteiger partial charge in [0.05, 0.1) is 5.69 Å². The molecule has 5 nitrogen and oxygen atoms in total. The summed E-state index contributed by atoms with van der Waals surface area (Å²) in [6, 6.07) is 0. The summed E-state index contributed by atoms with van der Waals surface area (Å²) < 4.78 is 13.3. The van der Waals surface area contributed by atoms with E-state index in [1.807, 2.05) is 0 Å². The lowest BCUT2D eigenvalue weighted by molar-refractivity contribution is 0.131. The molecule has 0 radical (unpaired) electrons. The van der Waals surface area contributed by atoms with E-state index in [4.69, 9.17) is 5.11 Å². The molecule has 16 heavy (non-hydrogen) atoms. The fourth-order valence-electron chi connectivity index (χ4n) is 1.95. The van der Waals surface area contributed by atoms with Crippen LogP contribution in [0, 0.1) is 5.95 Å². The Kier molecular flexibility index (Phi) is 2.98. The lowest BCUT2D eigenvalue weighted by Gasteiger charge is -2.29. The van der Waals surface area contributed by atoms with E-state index in [2.05, 4.69) is 9.97 Å². The third-order valence-electron chi connectivity index (χ3n) is 2.83. The third kappa shape index (κ3) is 2.10. The van der Waals surface area contributed by atoms with Gasteiger partial charge in [-0.2, -0.15) is 4.39 Å². The molecule has 1 amide bonds. The predicted octanol–water partition coefficient (Wildman–Crippen LogP) is 1.47. The molecule has 2 rings (SSSR count). The summed E-state index contributed by atoms with van der Waals surface area (Å²) in [7, 11) is 0. The lowest BCUT2D eigenvalue weighted by atomic mass is 9.94. The number of rotatable bonds is 1. The van der Waals surface area contributed by atoms with Gasteiger partial charge < -0.3 is 10.0 Å². The van der Waals surface area contributed by atoms with Crippen LogP contribution in [0.3, 0.4) is 0 Å². The molecule has 0 aromatic carbocycles. The number of hydrogen-bond donors (Lipinski definition) is 1. The highest BCUT2D eigenvalue weighted by atomic mass is 19.1. The second-order valence-corrected chi connectivity index (χ2v) is 3.78. The minimum atomic E-state index is -0.918. The van der Waals surface area contributed by atoms with E-state index < -0.39 is 12.0 Å². The van der Waals surface area contributed by atoms with Gasteiger partial charge in [-0.15, -0.1) is 0 Å². The number of carbonyl (C=O) groups is 1. The van der Waals surface area contributed by atoms with Gasteiger partial charge in [-0.1, -0.05) is 0 Å². The van der Waals surface area contributed by atoms with Crippen LogP contribution >= 0.6 is 0 Å². The highest BCUT2D eigenvalue weighted by molar-refractivity contribution is 5.65. The van der Waals surface area contributed by atoms with Crippen molar-refractivity contribution in [3.63, 3.8) is 0 Å². The highest BCUT2D eigenvalue weighted by Gasteiger charge is 2.26. The van der Waals surface area contributed by atoms with Gasteiger partial charge in [0.2, 0.25) is 5.95 Å². The average Bonchev–Trinajstić information content (AvgIpc) is 2.30. The first kappa shape index (κ1) is 10.8. The summed E-state index contributed by atoms with van der Waals surface area (Å²) in [5.41, 5.74) is 0.354. The van der Waals surface area contributed by atoms with Crippen LogP contribution in [-0.2, 0) is 0 Å². The average molecular weight is 225 g/mol. The SMILES string of the molecule is O=C(O)N1CCC(c2nccnc2F)CC1. The van der Waals surface area contributed by atoms with Crippen LogP contribution in [0.4, 0.5) is 9.18 Å². The quantitative estimate of drug-likeness (QED) is 0.786. The van der Waals surface area contributed by atoms with Gasteiger partial charge in [0.1, 0.15) is 0 Å². The van der Waals surface area contributed by atoms with Gasteiger partial charge in [-0.25, -0.2) is 9.78 Å². The van der Waals surface area contributed by atoms with Crippen LogP contribution in [0.2, 0.25) is 0 Å². The fraction of sp³-hybridized carbons (Fsp3) is 0.500. The number of likely N-dealkylation sites (tertiary alicyclic amines) is 1. The van der Waals surface area contributed by atoms with Gasteiger partial charge >= 0.3 is 6.09 Å². The van der Waals surface area contributed by atoms with Crippen LogP contribution in [0.1, 0.15) is 24.5 Å². The molecule has 1 aromatic rings. The lowest BCUT2D eigenvalue weighted by Crippen LogP contribution is -2.37. The van der Waals surface area contributed by atoms with Crippen molar-refractivity contribution in [3.05, 3.63) is 24.0 Å². The molecular formula is C10H12FN3O2. The molecule has 0 saturated carbocycles. The summed E-state index contributed by atoms with van der Waals surface area (Å²) in [4.78, 5) is 19.5. The van der Waals surface area contributed by atoms with Crippen LogP contribution in [0.15, 0.2) is 12.4 Å². The van der Waals surface area contributed by atoms with E-state index in [-0.39, 0.29) is 5.92 Å². The largest absolute Gasteiger partial charge is 0.465 e. The van der Waals surface area contributed by atoms with Crippen molar-refractivity contribution in [1.29, 1.82) is 0 Å². The molecule has 6 heteroatoms. The Balaban J connectivity index is 2.05. The van der Waals surface area contributed by atoms with Gasteiger partial charge in [0.15, 0.2) is 0 Å². The van der Waals surface area contributed by atoms with Crippen molar-refractivity contribution in [3.8, 4) is 0 Å². The first-order chi connectivity index (χ1) is 7.68. The first-order valence-electron chi connectivity index (χ1n) is 5.12. The second-order valence-electron chi connectivity index (χ2n) is 3.78. The molecule has 1 fully saturated rings. The highest BCUT2D eigenvalue weighted by Crippen LogP contribution is 2.27. The number of carboxylic acid groups (broad SMARTS) is 1. The maximum absolute atomic E-state index is 13.3. The molecular weight excluding hydrogens is 213 g/mol. The number of piperidine rings is 1. The zero-order valence-corrected chi connectivity index (χ0v) is 8.64. The molecule has 0 atom stereocenters. The summed E-state index contributed by atoms with van der Waals surface area (Å²) in [5.74, 6) is -0.569. The Morgan fingerprint density at radius 1 is 1.38 bits per heavy atom. The summed E-state index contributed by atoms with van der Waals surface area (Å²) in [6.45, 7) is 0.853. The minimum absolute atomic E-state index is 0.0238. The maximum atomic E-state index is 13.3. The molecule has 1 saturated heterocycles. The molecule has 0 spiro atoms. The van der Waals surface area contributed by atoms with Crippen LogP contribution in [-0.4, -0.2) is 39.2 Å². The smallest absolute Gasteiger partial charge is 0.407 e. The van der Waals surface area contributed by atoms with E-state index in [0.29, 0.717) is 31.6 Å². The fourth-order valence-corrected chi connectivity index (χ4v) is 1.95. The molecule has 1 aliphatic rings. The van der Waals surface area contributed by atoms with Crippen molar-refractivity contribution >= 4 is 6.09 Å². The van der Waals surface area contributed by atoms with Crippen molar-refractivity contribution in [2.45, 2.75) is 18.8 Å². The minimum Gasteiger partial charge on any atom is -0.465 e. The zero-order chi connectivity index (χ0) is 11.5. The number of halogens is 1. The van der Waals surface area contributed by atoms with Crippen molar-refractivity contribution in [1.82, 2.24) is 14.9 Å². The molecule has 0 aliphatic carbocycles. The molecule has 1 aliphatic heterocycles. The van der Waals surface area contributed by atoms with E-state index in [9.17, 15) is 9.18 Å². The standard InChI is InChI=1S/C10H12FN3O2/c11-9-8(12-3-4-13-9)7-1-5-14(6-2-7)10(15)16/h3-4,7H,1-2,5-6H2,(H,15,16). The number of nitrogens with zero attached hydrogens (tertiary/aromatic N) is 3. The summed E-state index contributed by atoms with van der Waals surface area (Å²) in [5, 5.41) is 8.77. The van der Waals surface area contributed by atoms with Crippen LogP contribution < -0.4 is 0 Å². The number of hydrogen-bond acceptors (Lipinski definition) is 3. The van der Waals surface area contributed by atoms with E-state index in [0.717, 1.165) is 0 Å². The van der Waals surface area contributed by atoms with Crippen molar-refractivity contribution < 1.29 is 14.3 Å².